The van der Waals surface area contributed by atoms with Gasteiger partial charge in [0.25, 0.3) is 15.6 Å². The molecule has 0 aliphatic heterocycles. The molecule has 0 unspecified atom stereocenters. The number of carbonyl (C=O) groups excluding carboxylic acids is 1. The molecule has 180 valence electrons. The van der Waals surface area contributed by atoms with Gasteiger partial charge in [0.05, 0.1) is 12.3 Å². The van der Waals surface area contributed by atoms with E-state index in [2.05, 4.69) is 10.3 Å². The van der Waals surface area contributed by atoms with Gasteiger partial charge in [-0.2, -0.15) is 0 Å². The van der Waals surface area contributed by atoms with Gasteiger partial charge in [0, 0.05) is 11.4 Å². The fourth-order valence-electron chi connectivity index (χ4n) is 3.47. The summed E-state index contributed by atoms with van der Waals surface area (Å²) in [6, 6.07) is 13.3. The van der Waals surface area contributed by atoms with E-state index in [1.165, 1.54) is 19.1 Å². The number of hydrogen-bond donors (Lipinski definition) is 3. The van der Waals surface area contributed by atoms with Gasteiger partial charge in [-0.15, -0.1) is 0 Å². The first-order chi connectivity index (χ1) is 16.2. The third-order valence-corrected chi connectivity index (χ3v) is 6.95. The maximum atomic E-state index is 13.6. The number of benzene rings is 2. The van der Waals surface area contributed by atoms with E-state index in [-0.39, 0.29) is 11.4 Å². The maximum absolute atomic E-state index is 13.6. The Balaban J connectivity index is 2.05. The second kappa shape index (κ2) is 10.4. The van der Waals surface area contributed by atoms with Crippen LogP contribution in [0.1, 0.15) is 25.1 Å². The number of nitrogens with one attached hydrogen (secondary N) is 3. The summed E-state index contributed by atoms with van der Waals surface area (Å²) in [5.41, 5.74) is -0.443. The summed E-state index contributed by atoms with van der Waals surface area (Å²) in [6.45, 7) is 4.87. The third-order valence-electron chi connectivity index (χ3n) is 5.02. The summed E-state index contributed by atoms with van der Waals surface area (Å²) < 4.78 is 33.4. The fourth-order valence-corrected chi connectivity index (χ4v) is 5.10. The van der Waals surface area contributed by atoms with Crippen molar-refractivity contribution in [3.63, 3.8) is 0 Å². The summed E-state index contributed by atoms with van der Waals surface area (Å²) in [6.07, 6.45) is 0.670. The summed E-state index contributed by atoms with van der Waals surface area (Å²) in [5, 5.41) is 2.74. The Labute approximate surface area is 196 Å². The van der Waals surface area contributed by atoms with Crippen molar-refractivity contribution in [2.24, 2.45) is 0 Å². The lowest BCUT2D eigenvalue weighted by Crippen LogP contribution is -2.42. The molecule has 0 saturated heterocycles. The van der Waals surface area contributed by atoms with Crippen LogP contribution in [0, 0.1) is 6.92 Å². The first kappa shape index (κ1) is 24.8. The number of carbonyl (C=O) groups is 1. The van der Waals surface area contributed by atoms with Crippen LogP contribution in [0.15, 0.2) is 63.0 Å². The number of ether oxygens (including phenoxy) is 1. The minimum absolute atomic E-state index is 0.138. The van der Waals surface area contributed by atoms with Crippen LogP contribution >= 0.6 is 0 Å². The Kier molecular flexibility index (Phi) is 7.57. The Morgan fingerprint density at radius 1 is 1.03 bits per heavy atom. The fraction of sp³-hybridized carbons (Fsp3) is 0.261. The van der Waals surface area contributed by atoms with Crippen LogP contribution in [0.25, 0.3) is 0 Å². The van der Waals surface area contributed by atoms with E-state index in [0.717, 1.165) is 9.87 Å². The van der Waals surface area contributed by atoms with Gasteiger partial charge in [-0.25, -0.2) is 13.2 Å². The molecule has 0 bridgehead atoms. The average molecular weight is 487 g/mol. The monoisotopic (exact) mass is 486 g/mol. The van der Waals surface area contributed by atoms with Crippen molar-refractivity contribution in [1.82, 2.24) is 9.97 Å². The molecular formula is C23H26N4O6S. The second-order valence-electron chi connectivity index (χ2n) is 7.36. The molecule has 1 amide bonds. The number of aromatic nitrogens is 2. The predicted octanol–water partition coefficient (Wildman–Crippen LogP) is 2.17. The van der Waals surface area contributed by atoms with E-state index in [4.69, 9.17) is 4.74 Å². The molecule has 0 radical (unpaired) electrons. The van der Waals surface area contributed by atoms with Gasteiger partial charge in [0.2, 0.25) is 5.91 Å². The average Bonchev–Trinajstić information content (AvgIpc) is 2.78. The van der Waals surface area contributed by atoms with Crippen LogP contribution in [0.2, 0.25) is 0 Å². The highest BCUT2D eigenvalue weighted by Gasteiger charge is 2.32. The molecular weight excluding hydrogens is 460 g/mol. The molecule has 2 aromatic carbocycles. The van der Waals surface area contributed by atoms with Crippen LogP contribution in [0.3, 0.4) is 0 Å². The number of rotatable bonds is 9. The lowest BCUT2D eigenvalue weighted by Gasteiger charge is -2.24. The van der Waals surface area contributed by atoms with E-state index in [9.17, 15) is 22.8 Å². The number of sulfonamides is 1. The molecule has 0 saturated carbocycles. The molecule has 34 heavy (non-hydrogen) atoms. The Hall–Kier alpha value is -3.86. The van der Waals surface area contributed by atoms with E-state index in [0.29, 0.717) is 24.5 Å². The van der Waals surface area contributed by atoms with Gasteiger partial charge in [0.15, 0.2) is 4.90 Å². The molecule has 0 fully saturated rings. The molecule has 0 aliphatic rings. The molecule has 1 aromatic heterocycles. The number of aryl methyl sites for hydroxylation is 2. The zero-order valence-electron chi connectivity index (χ0n) is 19.0. The molecule has 1 heterocycles. The summed E-state index contributed by atoms with van der Waals surface area (Å²) in [4.78, 5) is 40.5. The highest BCUT2D eigenvalue weighted by atomic mass is 32.2. The van der Waals surface area contributed by atoms with Gasteiger partial charge >= 0.3 is 5.69 Å². The molecule has 3 aromatic rings. The molecule has 0 atom stereocenters. The zero-order chi connectivity index (χ0) is 24.9. The van der Waals surface area contributed by atoms with E-state index in [1.807, 2.05) is 31.0 Å². The Bertz CT molecular complexity index is 1390. The molecule has 10 nitrogen and oxygen atoms in total. The smallest absolute Gasteiger partial charge is 0.325 e. The number of amides is 1. The maximum Gasteiger partial charge on any atom is 0.325 e. The molecule has 3 N–H and O–H groups in total. The first-order valence-electron chi connectivity index (χ1n) is 10.6. The normalized spacial score (nSPS) is 11.1. The number of nitrogens with zero attached hydrogens (tertiary/aromatic N) is 1. The summed E-state index contributed by atoms with van der Waals surface area (Å²) in [7, 11) is -4.54. The van der Waals surface area contributed by atoms with Crippen molar-refractivity contribution in [3.05, 3.63) is 80.6 Å². The van der Waals surface area contributed by atoms with Crippen molar-refractivity contribution < 1.29 is 17.9 Å². The summed E-state index contributed by atoms with van der Waals surface area (Å²) in [5.74, 6) is -0.0835. The number of anilines is 2. The Morgan fingerprint density at radius 2 is 1.71 bits per heavy atom. The van der Waals surface area contributed by atoms with Crippen molar-refractivity contribution in [2.75, 3.05) is 22.8 Å². The van der Waals surface area contributed by atoms with Gasteiger partial charge in [-0.3, -0.25) is 18.9 Å². The number of H-pyrrole nitrogens is 2. The van der Waals surface area contributed by atoms with Gasteiger partial charge in [-0.05, 0) is 56.2 Å². The van der Waals surface area contributed by atoms with Crippen molar-refractivity contribution >= 4 is 27.3 Å². The highest BCUT2D eigenvalue weighted by Crippen LogP contribution is 2.26. The Morgan fingerprint density at radius 3 is 2.32 bits per heavy atom. The van der Waals surface area contributed by atoms with Crippen molar-refractivity contribution in [2.45, 2.75) is 32.1 Å². The van der Waals surface area contributed by atoms with Crippen LogP contribution in [0.5, 0.6) is 5.75 Å². The zero-order valence-corrected chi connectivity index (χ0v) is 19.9. The van der Waals surface area contributed by atoms with Crippen LogP contribution in [0.4, 0.5) is 11.4 Å². The minimum atomic E-state index is -4.54. The van der Waals surface area contributed by atoms with Crippen LogP contribution in [-0.4, -0.2) is 37.4 Å². The molecule has 0 aliphatic carbocycles. The summed E-state index contributed by atoms with van der Waals surface area (Å²) >= 11 is 0. The number of aromatic amines is 2. The van der Waals surface area contributed by atoms with Gasteiger partial charge < -0.3 is 15.0 Å². The lowest BCUT2D eigenvalue weighted by atomic mass is 10.1. The quantitative estimate of drug-likeness (QED) is 0.423. The third kappa shape index (κ3) is 5.37. The van der Waals surface area contributed by atoms with E-state index in [1.54, 1.807) is 24.3 Å². The van der Waals surface area contributed by atoms with Crippen LogP contribution < -0.4 is 25.6 Å². The van der Waals surface area contributed by atoms with Gasteiger partial charge in [0.1, 0.15) is 12.3 Å². The highest BCUT2D eigenvalue weighted by molar-refractivity contribution is 7.92. The largest absolute Gasteiger partial charge is 0.494 e. The first-order valence-corrected chi connectivity index (χ1v) is 12.1. The van der Waals surface area contributed by atoms with E-state index < -0.39 is 38.6 Å². The second-order valence-corrected chi connectivity index (χ2v) is 9.16. The van der Waals surface area contributed by atoms with Crippen molar-refractivity contribution in [1.29, 1.82) is 0 Å². The molecule has 11 heteroatoms. The predicted molar refractivity (Wildman–Crippen MR) is 129 cm³/mol. The van der Waals surface area contributed by atoms with Crippen LogP contribution in [-0.2, 0) is 21.2 Å². The SMILES string of the molecule is CCOc1ccc(N(CC(=O)Nc2ccccc2CC)S(=O)(=O)c2c(C)[nH]c(=O)[nH]c2=O)cc1. The number of para-hydroxylation sites is 1. The topological polar surface area (TPSA) is 141 Å². The number of hydrogen-bond acceptors (Lipinski definition) is 6. The standard InChI is InChI=1S/C23H26N4O6S/c1-4-16-8-6-7-9-19(16)25-20(28)14-27(17-10-12-18(13-11-17)33-5-2)34(31,32)21-15(3)24-23(30)26-22(21)29/h6-13H,4-5,14H2,1-3H3,(H,25,28)(H2,24,26,29,30). The van der Waals surface area contributed by atoms with Crippen molar-refractivity contribution in [3.8, 4) is 5.75 Å². The van der Waals surface area contributed by atoms with Gasteiger partial charge in [-0.1, -0.05) is 25.1 Å². The van der Waals surface area contributed by atoms with E-state index >= 15 is 0 Å². The lowest BCUT2D eigenvalue weighted by molar-refractivity contribution is -0.114. The molecule has 0 spiro atoms. The minimum Gasteiger partial charge on any atom is -0.494 e. The molecule has 3 rings (SSSR count).